The molecule has 1 aliphatic rings. The van der Waals surface area contributed by atoms with Crippen LogP contribution in [0.25, 0.3) is 11.1 Å². The highest BCUT2D eigenvalue weighted by molar-refractivity contribution is 7.85. The molecular weight excluding hydrogens is 478 g/mol. The average Bonchev–Trinajstić information content (AvgIpc) is 3.03. The summed E-state index contributed by atoms with van der Waals surface area (Å²) in [6.45, 7) is 0. The molecule has 3 N–H and O–H groups in total. The lowest BCUT2D eigenvalue weighted by molar-refractivity contribution is -0.129. The monoisotopic (exact) mass is 501 g/mol. The van der Waals surface area contributed by atoms with Crippen LogP contribution in [0.3, 0.4) is 0 Å². The Morgan fingerprint density at radius 2 is 1.62 bits per heavy atom. The molecule has 1 aliphatic heterocycles. The Morgan fingerprint density at radius 3 is 2.18 bits per heavy atom. The highest BCUT2D eigenvalue weighted by atomic mass is 35.5. The summed E-state index contributed by atoms with van der Waals surface area (Å²) in [6, 6.07) is 21.4. The summed E-state index contributed by atoms with van der Waals surface area (Å²) in [7, 11) is -1.02. The van der Waals surface area contributed by atoms with E-state index in [1.807, 2.05) is 48.5 Å². The predicted molar refractivity (Wildman–Crippen MR) is 133 cm³/mol. The molecule has 1 atom stereocenters. The van der Waals surface area contributed by atoms with E-state index in [9.17, 15) is 13.2 Å². The first-order valence-electron chi connectivity index (χ1n) is 10.1. The van der Waals surface area contributed by atoms with Crippen molar-refractivity contribution in [3.05, 3.63) is 89.5 Å². The Hall–Kier alpha value is -3.40. The lowest BCUT2D eigenvalue weighted by atomic mass is 9.81. The number of aliphatic imine (C=N–C) groups is 1. The first-order chi connectivity index (χ1) is 15.6. The summed E-state index contributed by atoms with van der Waals surface area (Å²) in [6.07, 6.45) is 0. The Bertz CT molecular complexity index is 1360. The minimum absolute atomic E-state index is 0. The van der Waals surface area contributed by atoms with Gasteiger partial charge in [-0.1, -0.05) is 54.6 Å². The van der Waals surface area contributed by atoms with Gasteiger partial charge in [0.1, 0.15) is 11.5 Å². The Morgan fingerprint density at radius 1 is 1.00 bits per heavy atom. The number of rotatable bonds is 6. The van der Waals surface area contributed by atoms with Crippen LogP contribution in [0.1, 0.15) is 16.7 Å². The van der Waals surface area contributed by atoms with E-state index in [-0.39, 0.29) is 24.3 Å². The molecule has 0 aliphatic carbocycles. The average molecular weight is 502 g/mol. The van der Waals surface area contributed by atoms with Gasteiger partial charge in [-0.15, -0.1) is 12.4 Å². The lowest BCUT2D eigenvalue weighted by Crippen LogP contribution is -2.41. The number of nitrogens with zero attached hydrogens (tertiary/aromatic N) is 2. The molecule has 178 valence electrons. The van der Waals surface area contributed by atoms with Crippen LogP contribution in [0.5, 0.6) is 5.75 Å². The van der Waals surface area contributed by atoms with Crippen LogP contribution in [0, 0.1) is 0 Å². The zero-order valence-corrected chi connectivity index (χ0v) is 20.1. The molecule has 0 bridgehead atoms. The van der Waals surface area contributed by atoms with Crippen LogP contribution in [0.4, 0.5) is 0 Å². The number of ether oxygens (including phenoxy) is 1. The van der Waals surface area contributed by atoms with E-state index >= 15 is 0 Å². The van der Waals surface area contributed by atoms with Crippen molar-refractivity contribution >= 4 is 34.4 Å². The van der Waals surface area contributed by atoms with E-state index in [1.54, 1.807) is 38.4 Å². The Labute approximate surface area is 204 Å². The predicted octanol–water partition coefficient (Wildman–Crippen LogP) is 3.20. The van der Waals surface area contributed by atoms with E-state index in [0.29, 0.717) is 22.4 Å². The number of guanidine groups is 1. The van der Waals surface area contributed by atoms with Crippen molar-refractivity contribution in [2.24, 2.45) is 10.7 Å². The summed E-state index contributed by atoms with van der Waals surface area (Å²) in [4.78, 5) is 19.3. The molecule has 0 saturated heterocycles. The Kier molecular flexibility index (Phi) is 7.02. The summed E-state index contributed by atoms with van der Waals surface area (Å²) in [5, 5.41) is 0. The van der Waals surface area contributed by atoms with Gasteiger partial charge < -0.3 is 10.5 Å². The van der Waals surface area contributed by atoms with Crippen molar-refractivity contribution in [2.75, 3.05) is 14.2 Å². The smallest absolute Gasteiger partial charge is 0.269 e. The number of likely N-dealkylation sites (N-methyl/N-ethyl adjacent to an activating group) is 1. The van der Waals surface area contributed by atoms with Crippen molar-refractivity contribution in [3.63, 3.8) is 0 Å². The maximum atomic E-state index is 13.5. The topological polar surface area (TPSA) is 122 Å². The zero-order chi connectivity index (χ0) is 23.8. The number of benzene rings is 3. The number of nitrogens with two attached hydrogens (primary N) is 1. The van der Waals surface area contributed by atoms with Gasteiger partial charge in [-0.25, -0.2) is 4.99 Å². The normalized spacial score (nSPS) is 17.8. The second kappa shape index (κ2) is 9.46. The van der Waals surface area contributed by atoms with Gasteiger partial charge in [0.15, 0.2) is 11.5 Å². The quantitative estimate of drug-likeness (QED) is 0.500. The molecular formula is C24H24ClN3O5S. The number of hydrogen-bond acceptors (Lipinski definition) is 6. The van der Waals surface area contributed by atoms with Crippen molar-refractivity contribution < 1.29 is 22.5 Å². The maximum Gasteiger partial charge on any atom is 0.269 e. The van der Waals surface area contributed by atoms with Crippen molar-refractivity contribution in [3.8, 4) is 16.9 Å². The van der Waals surface area contributed by atoms with Crippen LogP contribution in [0.2, 0.25) is 0 Å². The van der Waals surface area contributed by atoms with Gasteiger partial charge in [0.05, 0.1) is 7.11 Å². The van der Waals surface area contributed by atoms with Crippen LogP contribution < -0.4 is 10.5 Å². The van der Waals surface area contributed by atoms with Crippen molar-refractivity contribution in [1.82, 2.24) is 4.90 Å². The molecule has 10 heteroatoms. The number of halogens is 1. The standard InChI is InChI=1S/C24H23N3O5S.ClH/c1-27-22(28)24(26-23(27)25,19-11-9-16(10-12-19)15-33(29,30)31)20-7-3-5-17(13-20)18-6-4-8-21(14-18)32-2;/h3-14H,15H2,1-2H3,(H2,25,26)(H,29,30,31);1H/t24-;/m0./s1. The summed E-state index contributed by atoms with van der Waals surface area (Å²) in [5.41, 5.74) is 7.92. The maximum absolute atomic E-state index is 13.5. The zero-order valence-electron chi connectivity index (χ0n) is 18.5. The van der Waals surface area contributed by atoms with E-state index in [2.05, 4.69) is 4.99 Å². The second-order valence-electron chi connectivity index (χ2n) is 7.78. The van der Waals surface area contributed by atoms with Gasteiger partial charge in [0.2, 0.25) is 0 Å². The fourth-order valence-corrected chi connectivity index (χ4v) is 4.58. The van der Waals surface area contributed by atoms with Gasteiger partial charge in [0, 0.05) is 7.05 Å². The lowest BCUT2D eigenvalue weighted by Gasteiger charge is -2.26. The molecule has 0 fully saturated rings. The third-order valence-corrected chi connectivity index (χ3v) is 6.34. The number of carbonyl (C=O) groups excluding carboxylic acids is 1. The van der Waals surface area contributed by atoms with Gasteiger partial charge >= 0.3 is 0 Å². The number of hydrogen-bond donors (Lipinski definition) is 2. The highest BCUT2D eigenvalue weighted by Gasteiger charge is 2.49. The van der Waals surface area contributed by atoms with E-state index in [4.69, 9.17) is 15.0 Å². The first-order valence-corrected chi connectivity index (χ1v) is 11.7. The molecule has 0 unspecified atom stereocenters. The van der Waals surface area contributed by atoms with Crippen LogP contribution in [-0.2, 0) is 26.2 Å². The fourth-order valence-electron chi connectivity index (χ4n) is 3.96. The molecule has 0 spiro atoms. The number of carbonyl (C=O) groups is 1. The highest BCUT2D eigenvalue weighted by Crippen LogP contribution is 2.40. The fraction of sp³-hybridized carbons (Fsp3) is 0.167. The summed E-state index contributed by atoms with van der Waals surface area (Å²) in [5.74, 6) is -0.0645. The second-order valence-corrected chi connectivity index (χ2v) is 9.23. The molecule has 34 heavy (non-hydrogen) atoms. The molecule has 4 rings (SSSR count). The largest absolute Gasteiger partial charge is 0.497 e. The third-order valence-electron chi connectivity index (χ3n) is 5.64. The SMILES string of the molecule is COc1cccc(-c2cccc([C@]3(c4ccc(CS(=O)(=O)O)cc4)N=C(N)N(C)C3=O)c2)c1.Cl. The summed E-state index contributed by atoms with van der Waals surface area (Å²) >= 11 is 0. The van der Waals surface area contributed by atoms with E-state index in [0.717, 1.165) is 11.1 Å². The van der Waals surface area contributed by atoms with Crippen LogP contribution >= 0.6 is 12.4 Å². The van der Waals surface area contributed by atoms with Gasteiger partial charge in [-0.2, -0.15) is 8.42 Å². The van der Waals surface area contributed by atoms with Crippen molar-refractivity contribution in [2.45, 2.75) is 11.3 Å². The van der Waals surface area contributed by atoms with E-state index < -0.39 is 21.4 Å². The molecule has 3 aromatic carbocycles. The van der Waals surface area contributed by atoms with Gasteiger partial charge in [-0.3, -0.25) is 14.2 Å². The Balaban J connectivity index is 0.00000324. The van der Waals surface area contributed by atoms with Crippen LogP contribution in [0.15, 0.2) is 77.8 Å². The number of amides is 1. The molecule has 0 saturated carbocycles. The van der Waals surface area contributed by atoms with E-state index in [1.165, 1.54) is 4.90 Å². The molecule has 0 aromatic heterocycles. The van der Waals surface area contributed by atoms with Gasteiger partial charge in [-0.05, 0) is 46.0 Å². The molecule has 1 amide bonds. The first kappa shape index (κ1) is 25.2. The molecule has 3 aromatic rings. The molecule has 1 heterocycles. The summed E-state index contributed by atoms with van der Waals surface area (Å²) < 4.78 is 36.9. The number of methoxy groups -OCH3 is 1. The van der Waals surface area contributed by atoms with Crippen LogP contribution in [-0.4, -0.2) is 43.9 Å². The van der Waals surface area contributed by atoms with Gasteiger partial charge in [0.25, 0.3) is 16.0 Å². The minimum Gasteiger partial charge on any atom is -0.497 e. The molecule has 0 radical (unpaired) electrons. The van der Waals surface area contributed by atoms with Crippen molar-refractivity contribution in [1.29, 1.82) is 0 Å². The third kappa shape index (κ3) is 4.63. The minimum atomic E-state index is -4.18. The molecule has 8 nitrogen and oxygen atoms in total.